The normalized spacial score (nSPS) is 11.1. The summed E-state index contributed by atoms with van der Waals surface area (Å²) < 4.78 is 7.93. The number of hydrogen-bond donors (Lipinski definition) is 0. The second-order valence-electron chi connectivity index (χ2n) is 6.39. The van der Waals surface area contributed by atoms with Crippen LogP contribution in [0.1, 0.15) is 5.56 Å². The van der Waals surface area contributed by atoms with Crippen LogP contribution in [0, 0.1) is 6.92 Å². The lowest BCUT2D eigenvalue weighted by molar-refractivity contribution is 0.619. The lowest BCUT2D eigenvalue weighted by Gasteiger charge is -2.08. The Morgan fingerprint density at radius 1 is 0.815 bits per heavy atom. The van der Waals surface area contributed by atoms with Crippen LogP contribution in [0.4, 0.5) is 0 Å². The van der Waals surface area contributed by atoms with Crippen molar-refractivity contribution >= 4 is 11.1 Å². The predicted molar refractivity (Wildman–Crippen MR) is 105 cm³/mol. The van der Waals surface area contributed by atoms with Crippen LogP contribution in [0.5, 0.6) is 0 Å². The largest absolute Gasteiger partial charge is 0.436 e. The highest BCUT2D eigenvalue weighted by Gasteiger charge is 2.14. The Kier molecular flexibility index (Phi) is 3.57. The number of rotatable bonds is 3. The number of oxazole rings is 1. The van der Waals surface area contributed by atoms with E-state index < -0.39 is 0 Å². The van der Waals surface area contributed by atoms with Crippen LogP contribution in [0.3, 0.4) is 0 Å². The van der Waals surface area contributed by atoms with E-state index in [4.69, 9.17) is 9.40 Å². The Balaban J connectivity index is 1.61. The Bertz CT molecular complexity index is 1220. The quantitative estimate of drug-likeness (QED) is 0.456. The summed E-state index contributed by atoms with van der Waals surface area (Å²) in [5.41, 5.74) is 6.93. The van der Waals surface area contributed by atoms with Crippen LogP contribution in [0.15, 0.2) is 83.8 Å². The first-order valence-corrected chi connectivity index (χ1v) is 8.70. The monoisotopic (exact) mass is 352 g/mol. The lowest BCUT2D eigenvalue weighted by atomic mass is 10.1. The van der Waals surface area contributed by atoms with E-state index in [1.807, 2.05) is 47.0 Å². The molecular formula is C22H16N4O. The molecule has 5 heteroatoms. The molecule has 0 aliphatic rings. The molecule has 2 aromatic heterocycles. The molecule has 0 aliphatic heterocycles. The maximum atomic E-state index is 6.05. The highest BCUT2D eigenvalue weighted by Crippen LogP contribution is 2.31. The van der Waals surface area contributed by atoms with Crippen molar-refractivity contribution in [3.63, 3.8) is 0 Å². The van der Waals surface area contributed by atoms with Gasteiger partial charge in [0.2, 0.25) is 5.89 Å². The van der Waals surface area contributed by atoms with Gasteiger partial charge in [-0.2, -0.15) is 0 Å². The minimum Gasteiger partial charge on any atom is -0.436 e. The fourth-order valence-electron chi connectivity index (χ4n) is 3.31. The Morgan fingerprint density at radius 2 is 1.63 bits per heavy atom. The zero-order valence-electron chi connectivity index (χ0n) is 14.7. The molecule has 5 nitrogen and oxygen atoms in total. The highest BCUT2D eigenvalue weighted by molar-refractivity contribution is 5.83. The van der Waals surface area contributed by atoms with Crippen molar-refractivity contribution in [3.8, 4) is 28.3 Å². The van der Waals surface area contributed by atoms with E-state index >= 15 is 0 Å². The summed E-state index contributed by atoms with van der Waals surface area (Å²) in [6.45, 7) is 2.05. The average molecular weight is 352 g/mol. The lowest BCUT2D eigenvalue weighted by Crippen LogP contribution is -1.96. The van der Waals surface area contributed by atoms with Crippen LogP contribution < -0.4 is 0 Å². The number of hydrogen-bond acceptors (Lipinski definition) is 4. The molecule has 0 atom stereocenters. The first-order chi connectivity index (χ1) is 13.3. The van der Waals surface area contributed by atoms with Gasteiger partial charge in [-0.3, -0.25) is 4.57 Å². The number of nitrogens with zero attached hydrogens (tertiary/aromatic N) is 4. The first kappa shape index (κ1) is 15.5. The smallest absolute Gasteiger partial charge is 0.227 e. The van der Waals surface area contributed by atoms with E-state index in [-0.39, 0.29) is 0 Å². The van der Waals surface area contributed by atoms with Gasteiger partial charge in [-0.15, -0.1) is 10.2 Å². The summed E-state index contributed by atoms with van der Waals surface area (Å²) >= 11 is 0. The molecule has 2 heterocycles. The van der Waals surface area contributed by atoms with Crippen molar-refractivity contribution in [2.24, 2.45) is 0 Å². The van der Waals surface area contributed by atoms with Gasteiger partial charge in [-0.25, -0.2) is 4.98 Å². The van der Waals surface area contributed by atoms with E-state index in [0.717, 1.165) is 39.0 Å². The molecule has 0 radical (unpaired) electrons. The van der Waals surface area contributed by atoms with Gasteiger partial charge >= 0.3 is 0 Å². The van der Waals surface area contributed by atoms with Crippen molar-refractivity contribution in [3.05, 3.63) is 84.9 Å². The van der Waals surface area contributed by atoms with Gasteiger partial charge in [-0.1, -0.05) is 42.5 Å². The molecule has 0 saturated carbocycles. The van der Waals surface area contributed by atoms with Gasteiger partial charge in [0.25, 0.3) is 0 Å². The first-order valence-electron chi connectivity index (χ1n) is 8.70. The van der Waals surface area contributed by atoms with Crippen molar-refractivity contribution in [2.75, 3.05) is 0 Å². The summed E-state index contributed by atoms with van der Waals surface area (Å²) in [6, 6.07) is 22.4. The van der Waals surface area contributed by atoms with E-state index in [9.17, 15) is 0 Å². The third-order valence-electron chi connectivity index (χ3n) is 4.73. The third-order valence-corrected chi connectivity index (χ3v) is 4.73. The minimum atomic E-state index is 0.614. The molecule has 0 saturated heterocycles. The topological polar surface area (TPSA) is 56.7 Å². The van der Waals surface area contributed by atoms with Crippen molar-refractivity contribution in [1.82, 2.24) is 19.7 Å². The van der Waals surface area contributed by atoms with Crippen LogP contribution >= 0.6 is 0 Å². The molecule has 5 aromatic rings. The van der Waals surface area contributed by atoms with Crippen LogP contribution in [-0.4, -0.2) is 19.7 Å². The predicted octanol–water partition coefficient (Wildman–Crippen LogP) is 5.05. The second kappa shape index (κ2) is 6.21. The molecule has 0 amide bonds. The van der Waals surface area contributed by atoms with Crippen LogP contribution in [0.25, 0.3) is 39.4 Å². The molecule has 130 valence electrons. The van der Waals surface area contributed by atoms with Crippen molar-refractivity contribution in [1.29, 1.82) is 0 Å². The summed E-state index contributed by atoms with van der Waals surface area (Å²) in [5, 5.41) is 7.78. The number of fused-ring (bicyclic) bond motifs is 1. The molecule has 0 spiro atoms. The van der Waals surface area contributed by atoms with Gasteiger partial charge in [0.1, 0.15) is 18.2 Å². The molecule has 5 rings (SSSR count). The Morgan fingerprint density at radius 3 is 2.44 bits per heavy atom. The fourth-order valence-corrected chi connectivity index (χ4v) is 3.31. The molecule has 0 fully saturated rings. The summed E-state index contributed by atoms with van der Waals surface area (Å²) in [5.74, 6) is 0.614. The summed E-state index contributed by atoms with van der Waals surface area (Å²) in [4.78, 5) is 4.75. The summed E-state index contributed by atoms with van der Waals surface area (Å²) in [6.07, 6.45) is 3.37. The van der Waals surface area contributed by atoms with Gasteiger partial charge < -0.3 is 4.42 Å². The third kappa shape index (κ3) is 2.69. The molecule has 3 aromatic carbocycles. The molecule has 0 N–H and O–H groups in total. The van der Waals surface area contributed by atoms with Gasteiger partial charge in [0.15, 0.2) is 5.58 Å². The average Bonchev–Trinajstić information content (AvgIpc) is 3.38. The van der Waals surface area contributed by atoms with Gasteiger partial charge in [-0.05, 0) is 47.9 Å². The van der Waals surface area contributed by atoms with E-state index in [0.29, 0.717) is 5.89 Å². The van der Waals surface area contributed by atoms with Gasteiger partial charge in [0, 0.05) is 5.56 Å². The second-order valence-corrected chi connectivity index (χ2v) is 6.39. The molecular weight excluding hydrogens is 336 g/mol. The van der Waals surface area contributed by atoms with Crippen LogP contribution in [0.2, 0.25) is 0 Å². The van der Waals surface area contributed by atoms with Crippen molar-refractivity contribution in [2.45, 2.75) is 6.92 Å². The molecule has 0 unspecified atom stereocenters. The van der Waals surface area contributed by atoms with Crippen molar-refractivity contribution < 1.29 is 4.42 Å². The fraction of sp³-hybridized carbons (Fsp3) is 0.0455. The molecule has 0 bridgehead atoms. The number of aromatic nitrogens is 4. The zero-order chi connectivity index (χ0) is 18.2. The Hall–Kier alpha value is -3.73. The van der Waals surface area contributed by atoms with E-state index in [2.05, 4.69) is 41.4 Å². The van der Waals surface area contributed by atoms with Gasteiger partial charge in [0.05, 0.1) is 5.69 Å². The molecule has 0 aliphatic carbocycles. The van der Waals surface area contributed by atoms with E-state index in [1.54, 1.807) is 12.7 Å². The highest BCUT2D eigenvalue weighted by atomic mass is 16.3. The van der Waals surface area contributed by atoms with Crippen LogP contribution in [-0.2, 0) is 0 Å². The maximum absolute atomic E-state index is 6.05. The minimum absolute atomic E-state index is 0.614. The molecule has 27 heavy (non-hydrogen) atoms. The standard InChI is InChI=1S/C22H16N4O/c1-15-18(8-5-9-20(15)26-13-23-24-14-26)22-25-19-12-17(10-11-21(19)27-22)16-6-3-2-4-7-16/h2-14H,1H3. The maximum Gasteiger partial charge on any atom is 0.227 e. The Labute approximate surface area is 155 Å². The summed E-state index contributed by atoms with van der Waals surface area (Å²) in [7, 11) is 0. The number of benzene rings is 3. The van der Waals surface area contributed by atoms with E-state index in [1.165, 1.54) is 0 Å². The SMILES string of the molecule is Cc1c(-c2nc3cc(-c4ccccc4)ccc3o2)cccc1-n1cnnc1. The zero-order valence-corrected chi connectivity index (χ0v) is 14.7.